The fourth-order valence-corrected chi connectivity index (χ4v) is 1.45. The molecule has 0 aromatic heterocycles. The summed E-state index contributed by atoms with van der Waals surface area (Å²) in [7, 11) is 1.17. The first-order valence-corrected chi connectivity index (χ1v) is 5.03. The minimum absolute atomic E-state index is 0.338. The van der Waals surface area contributed by atoms with Gasteiger partial charge in [0.05, 0.1) is 19.4 Å². The highest BCUT2D eigenvalue weighted by Crippen LogP contribution is 2.28. The Morgan fingerprint density at radius 2 is 1.94 bits per heavy atom. The first-order valence-electron chi connectivity index (χ1n) is 4.65. The summed E-state index contributed by atoms with van der Waals surface area (Å²) in [5, 5.41) is 0.467. The van der Waals surface area contributed by atoms with Crippen molar-refractivity contribution in [3.8, 4) is 0 Å². The van der Waals surface area contributed by atoms with Crippen LogP contribution in [0.25, 0.3) is 0 Å². The maximum Gasteiger partial charge on any atom is 0.306 e. The van der Waals surface area contributed by atoms with Gasteiger partial charge >= 0.3 is 5.97 Å². The molecule has 0 saturated heterocycles. The normalized spacial score (nSPS) is 12.6. The van der Waals surface area contributed by atoms with Crippen molar-refractivity contribution in [2.75, 3.05) is 7.11 Å². The van der Waals surface area contributed by atoms with Crippen LogP contribution in [-0.2, 0) is 9.53 Å². The predicted octanol–water partition coefficient (Wildman–Crippen LogP) is 3.25. The Morgan fingerprint density at radius 3 is 2.38 bits per heavy atom. The van der Waals surface area contributed by atoms with E-state index in [1.807, 2.05) is 0 Å². The Bertz CT molecular complexity index is 352. The van der Waals surface area contributed by atoms with Crippen LogP contribution in [0.3, 0.4) is 0 Å². The van der Waals surface area contributed by atoms with Crippen molar-refractivity contribution in [1.29, 1.82) is 0 Å². The molecule has 1 aromatic carbocycles. The molecule has 0 heterocycles. The summed E-state index contributed by atoms with van der Waals surface area (Å²) < 4.78 is 29.9. The first-order chi connectivity index (χ1) is 7.54. The van der Waals surface area contributed by atoms with Crippen LogP contribution in [0.5, 0.6) is 0 Å². The molecule has 5 heteroatoms. The molecule has 88 valence electrons. The largest absolute Gasteiger partial charge is 0.469 e. The number of hydrogen-bond acceptors (Lipinski definition) is 2. The van der Waals surface area contributed by atoms with Gasteiger partial charge in [-0.1, -0.05) is 23.7 Å². The average molecular weight is 249 g/mol. The molecule has 0 spiro atoms. The number of carbonyl (C=O) groups is 1. The molecule has 0 saturated carbocycles. The van der Waals surface area contributed by atoms with Crippen molar-refractivity contribution >= 4 is 17.6 Å². The summed E-state index contributed by atoms with van der Waals surface area (Å²) in [4.78, 5) is 11.0. The fraction of sp³-hybridized carbons (Fsp3) is 0.364. The van der Waals surface area contributed by atoms with E-state index in [0.29, 0.717) is 10.6 Å². The van der Waals surface area contributed by atoms with Crippen molar-refractivity contribution in [3.05, 3.63) is 34.9 Å². The molecule has 0 aliphatic carbocycles. The van der Waals surface area contributed by atoms with Gasteiger partial charge in [-0.15, -0.1) is 0 Å². The van der Waals surface area contributed by atoms with Crippen molar-refractivity contribution < 1.29 is 18.3 Å². The third-order valence-electron chi connectivity index (χ3n) is 2.22. The minimum atomic E-state index is -2.61. The number of ether oxygens (including phenoxy) is 1. The first kappa shape index (κ1) is 12.9. The molecule has 0 radical (unpaired) electrons. The molecular weight excluding hydrogens is 238 g/mol. The number of hydrogen-bond donors (Lipinski definition) is 0. The Balaban J connectivity index is 2.85. The van der Waals surface area contributed by atoms with Crippen molar-refractivity contribution in [3.63, 3.8) is 0 Å². The summed E-state index contributed by atoms with van der Waals surface area (Å²) in [6, 6.07) is 6.01. The molecule has 0 amide bonds. The van der Waals surface area contributed by atoms with Crippen molar-refractivity contribution in [2.45, 2.75) is 18.8 Å². The molecule has 1 rings (SSSR count). The van der Waals surface area contributed by atoms with Gasteiger partial charge < -0.3 is 4.74 Å². The van der Waals surface area contributed by atoms with Crippen LogP contribution in [0, 0.1) is 0 Å². The fourth-order valence-electron chi connectivity index (χ4n) is 1.33. The maximum absolute atomic E-state index is 12.7. The minimum Gasteiger partial charge on any atom is -0.469 e. The Hall–Kier alpha value is -1.16. The maximum atomic E-state index is 12.7. The number of rotatable bonds is 4. The SMILES string of the molecule is COC(=O)CC(c1ccc(Cl)cc1)C(F)F. The molecule has 0 aliphatic heterocycles. The lowest BCUT2D eigenvalue weighted by molar-refractivity contribution is -0.142. The lowest BCUT2D eigenvalue weighted by atomic mass is 9.96. The van der Waals surface area contributed by atoms with Gasteiger partial charge in [0.1, 0.15) is 0 Å². The second-order valence-electron chi connectivity index (χ2n) is 3.27. The van der Waals surface area contributed by atoms with E-state index in [-0.39, 0.29) is 6.42 Å². The average Bonchev–Trinajstić information content (AvgIpc) is 2.26. The highest BCUT2D eigenvalue weighted by atomic mass is 35.5. The zero-order chi connectivity index (χ0) is 12.1. The van der Waals surface area contributed by atoms with Crippen molar-refractivity contribution in [1.82, 2.24) is 0 Å². The topological polar surface area (TPSA) is 26.3 Å². The number of methoxy groups -OCH3 is 1. The highest BCUT2D eigenvalue weighted by Gasteiger charge is 2.25. The second-order valence-corrected chi connectivity index (χ2v) is 3.71. The number of esters is 1. The quantitative estimate of drug-likeness (QED) is 0.765. The summed E-state index contributed by atoms with van der Waals surface area (Å²) in [6.45, 7) is 0. The molecule has 0 N–H and O–H groups in total. The van der Waals surface area contributed by atoms with Crippen LogP contribution >= 0.6 is 11.6 Å². The third-order valence-corrected chi connectivity index (χ3v) is 2.47. The smallest absolute Gasteiger partial charge is 0.306 e. The monoisotopic (exact) mass is 248 g/mol. The molecule has 16 heavy (non-hydrogen) atoms. The van der Waals surface area contributed by atoms with Crippen LogP contribution in [0.1, 0.15) is 17.9 Å². The Labute approximate surface area is 97.2 Å². The van der Waals surface area contributed by atoms with E-state index in [1.165, 1.54) is 31.4 Å². The zero-order valence-electron chi connectivity index (χ0n) is 8.62. The van der Waals surface area contributed by atoms with E-state index in [0.717, 1.165) is 0 Å². The van der Waals surface area contributed by atoms with E-state index >= 15 is 0 Å². The lowest BCUT2D eigenvalue weighted by Gasteiger charge is -2.15. The molecule has 2 nitrogen and oxygen atoms in total. The lowest BCUT2D eigenvalue weighted by Crippen LogP contribution is -2.15. The molecule has 1 aromatic rings. The van der Waals surface area contributed by atoms with Gasteiger partial charge in [-0.25, -0.2) is 8.78 Å². The number of alkyl halides is 2. The van der Waals surface area contributed by atoms with E-state index in [1.54, 1.807) is 0 Å². The Morgan fingerprint density at radius 1 is 1.38 bits per heavy atom. The summed E-state index contributed by atoms with van der Waals surface area (Å²) in [5.74, 6) is -1.80. The highest BCUT2D eigenvalue weighted by molar-refractivity contribution is 6.30. The predicted molar refractivity (Wildman–Crippen MR) is 56.8 cm³/mol. The molecule has 0 bridgehead atoms. The summed E-state index contributed by atoms with van der Waals surface area (Å²) in [5.41, 5.74) is 0.379. The Kier molecular flexibility index (Phi) is 4.68. The van der Waals surface area contributed by atoms with Gasteiger partial charge in [-0.2, -0.15) is 0 Å². The van der Waals surface area contributed by atoms with E-state index in [2.05, 4.69) is 4.74 Å². The van der Waals surface area contributed by atoms with E-state index < -0.39 is 18.3 Å². The second kappa shape index (κ2) is 5.80. The molecular formula is C11H11ClF2O2. The van der Waals surface area contributed by atoms with E-state index in [4.69, 9.17) is 11.6 Å². The van der Waals surface area contributed by atoms with Crippen molar-refractivity contribution in [2.24, 2.45) is 0 Å². The van der Waals surface area contributed by atoms with Crippen LogP contribution < -0.4 is 0 Å². The van der Waals surface area contributed by atoms with Crippen LogP contribution in [0.2, 0.25) is 5.02 Å². The number of benzene rings is 1. The van der Waals surface area contributed by atoms with Gasteiger partial charge in [0.2, 0.25) is 6.43 Å². The van der Waals surface area contributed by atoms with Crippen LogP contribution in [0.15, 0.2) is 24.3 Å². The third kappa shape index (κ3) is 3.45. The standard InChI is InChI=1S/C11H11ClF2O2/c1-16-10(15)6-9(11(13)14)7-2-4-8(12)5-3-7/h2-5,9,11H,6H2,1H3. The van der Waals surface area contributed by atoms with Crippen LogP contribution in [-0.4, -0.2) is 19.5 Å². The van der Waals surface area contributed by atoms with Crippen LogP contribution in [0.4, 0.5) is 8.78 Å². The summed E-state index contributed by atoms with van der Waals surface area (Å²) in [6.07, 6.45) is -2.95. The number of halogens is 3. The van der Waals surface area contributed by atoms with Gasteiger partial charge in [-0.05, 0) is 17.7 Å². The van der Waals surface area contributed by atoms with Gasteiger partial charge in [-0.3, -0.25) is 4.79 Å². The summed E-state index contributed by atoms with van der Waals surface area (Å²) >= 11 is 5.65. The number of carbonyl (C=O) groups excluding carboxylic acids is 1. The molecule has 1 unspecified atom stereocenters. The molecule has 0 fully saturated rings. The molecule has 0 aliphatic rings. The van der Waals surface area contributed by atoms with Gasteiger partial charge in [0, 0.05) is 5.02 Å². The van der Waals surface area contributed by atoms with Gasteiger partial charge in [0.15, 0.2) is 0 Å². The molecule has 1 atom stereocenters. The zero-order valence-corrected chi connectivity index (χ0v) is 9.38. The van der Waals surface area contributed by atoms with E-state index in [9.17, 15) is 13.6 Å². The van der Waals surface area contributed by atoms with Gasteiger partial charge in [0.25, 0.3) is 0 Å².